The zero-order valence-corrected chi connectivity index (χ0v) is 18.9. The van der Waals surface area contributed by atoms with Crippen LogP contribution in [0.15, 0.2) is 24.3 Å². The van der Waals surface area contributed by atoms with E-state index in [1.54, 1.807) is 4.52 Å². The Morgan fingerprint density at radius 1 is 1.22 bits per heavy atom. The van der Waals surface area contributed by atoms with E-state index in [2.05, 4.69) is 20.4 Å². The molecule has 4 rings (SSSR count). The lowest BCUT2D eigenvalue weighted by molar-refractivity contribution is -0.117. The number of amides is 2. The van der Waals surface area contributed by atoms with Gasteiger partial charge in [0.1, 0.15) is 6.54 Å². The molecular weight excluding hydrogens is 408 g/mol. The highest BCUT2D eigenvalue weighted by molar-refractivity contribution is 5.98. The lowest BCUT2D eigenvalue weighted by Gasteiger charge is -2.24. The van der Waals surface area contributed by atoms with E-state index < -0.39 is 5.91 Å². The first-order chi connectivity index (χ1) is 15.3. The molecule has 9 nitrogen and oxygen atoms in total. The Balaban J connectivity index is 1.57. The van der Waals surface area contributed by atoms with E-state index in [1.165, 1.54) is 4.90 Å². The van der Waals surface area contributed by atoms with Gasteiger partial charge >= 0.3 is 0 Å². The summed E-state index contributed by atoms with van der Waals surface area (Å²) in [6.45, 7) is 8.55. The van der Waals surface area contributed by atoms with Gasteiger partial charge in [-0.25, -0.2) is 9.50 Å². The summed E-state index contributed by atoms with van der Waals surface area (Å²) in [5.41, 5.74) is 4.45. The molecule has 1 N–H and O–H groups in total. The van der Waals surface area contributed by atoms with Crippen LogP contribution in [0, 0.1) is 27.7 Å². The molecule has 0 aliphatic carbocycles. The molecular formula is C23H28N6O3. The molecule has 2 amide bonds. The smallest absolute Gasteiger partial charge is 0.294 e. The topological polar surface area (TPSA) is 102 Å². The summed E-state index contributed by atoms with van der Waals surface area (Å²) in [7, 11) is 0. The van der Waals surface area contributed by atoms with E-state index >= 15 is 0 Å². The van der Waals surface area contributed by atoms with Crippen LogP contribution in [-0.2, 0) is 9.53 Å². The molecule has 1 aliphatic heterocycles. The number of hydrogen-bond donors (Lipinski definition) is 1. The van der Waals surface area contributed by atoms with Gasteiger partial charge in [0.25, 0.3) is 11.7 Å². The molecule has 168 valence electrons. The van der Waals surface area contributed by atoms with Crippen molar-refractivity contribution in [3.63, 3.8) is 0 Å². The number of carbonyl (C=O) groups is 2. The number of hydrogen-bond acceptors (Lipinski definition) is 6. The van der Waals surface area contributed by atoms with Gasteiger partial charge in [-0.3, -0.25) is 9.59 Å². The Labute approximate surface area is 186 Å². The second-order valence-corrected chi connectivity index (χ2v) is 8.30. The first-order valence-electron chi connectivity index (χ1n) is 10.8. The SMILES string of the molecule is Cc1cc(C)n2nc(C(=O)N(CC(=O)Nc3cccc(C)c3C)C[C@H]3CCCO3)nc2n1. The third kappa shape index (κ3) is 4.62. The molecule has 0 radical (unpaired) electrons. The van der Waals surface area contributed by atoms with Crippen LogP contribution in [0.25, 0.3) is 5.78 Å². The van der Waals surface area contributed by atoms with Gasteiger partial charge in [0.05, 0.1) is 6.10 Å². The second-order valence-electron chi connectivity index (χ2n) is 8.30. The van der Waals surface area contributed by atoms with Gasteiger partial charge in [0, 0.05) is 30.2 Å². The maximum Gasteiger partial charge on any atom is 0.294 e. The highest BCUT2D eigenvalue weighted by Gasteiger charge is 2.28. The number of ether oxygens (including phenoxy) is 1. The van der Waals surface area contributed by atoms with E-state index in [9.17, 15) is 9.59 Å². The van der Waals surface area contributed by atoms with Crippen LogP contribution in [0.1, 0.15) is 46.0 Å². The van der Waals surface area contributed by atoms with Crippen molar-refractivity contribution >= 4 is 23.3 Å². The van der Waals surface area contributed by atoms with E-state index in [1.807, 2.05) is 52.0 Å². The van der Waals surface area contributed by atoms with Crippen LogP contribution in [-0.4, -0.2) is 62.1 Å². The number of nitrogens with zero attached hydrogens (tertiary/aromatic N) is 5. The summed E-state index contributed by atoms with van der Waals surface area (Å²) in [6.07, 6.45) is 1.68. The van der Waals surface area contributed by atoms with Gasteiger partial charge in [0.2, 0.25) is 11.7 Å². The van der Waals surface area contributed by atoms with E-state index in [0.29, 0.717) is 18.9 Å². The number of carbonyl (C=O) groups excluding carboxylic acids is 2. The predicted molar refractivity (Wildman–Crippen MR) is 120 cm³/mol. The van der Waals surface area contributed by atoms with Crippen LogP contribution in [0.5, 0.6) is 0 Å². The Morgan fingerprint density at radius 2 is 2.03 bits per heavy atom. The Morgan fingerprint density at radius 3 is 2.78 bits per heavy atom. The van der Waals surface area contributed by atoms with Crippen molar-refractivity contribution in [2.45, 2.75) is 46.6 Å². The maximum absolute atomic E-state index is 13.3. The van der Waals surface area contributed by atoms with Crippen LogP contribution < -0.4 is 5.32 Å². The summed E-state index contributed by atoms with van der Waals surface area (Å²) in [6, 6.07) is 7.61. The molecule has 0 saturated carbocycles. The van der Waals surface area contributed by atoms with E-state index in [0.717, 1.165) is 41.0 Å². The standard InChI is InChI=1S/C23H28N6O3/c1-14-7-5-9-19(17(14)4)25-20(30)13-28(12-18-8-6-10-32-18)22(31)21-26-23-24-15(2)11-16(3)29(23)27-21/h5,7,9,11,18H,6,8,10,12-13H2,1-4H3,(H,25,30)/t18-/m1/s1. The lowest BCUT2D eigenvalue weighted by atomic mass is 10.1. The molecule has 1 aliphatic rings. The summed E-state index contributed by atoms with van der Waals surface area (Å²) in [5, 5.41) is 7.27. The third-order valence-electron chi connectivity index (χ3n) is 5.76. The molecule has 1 saturated heterocycles. The Bertz CT molecular complexity index is 1170. The molecule has 0 unspecified atom stereocenters. The molecule has 3 heterocycles. The van der Waals surface area contributed by atoms with Gasteiger partial charge in [-0.2, -0.15) is 4.98 Å². The van der Waals surface area contributed by atoms with Crippen molar-refractivity contribution in [3.05, 3.63) is 52.6 Å². The van der Waals surface area contributed by atoms with Crippen LogP contribution in [0.2, 0.25) is 0 Å². The first kappa shape index (κ1) is 21.9. The monoisotopic (exact) mass is 436 g/mol. The summed E-state index contributed by atoms with van der Waals surface area (Å²) in [5.74, 6) is -0.315. The van der Waals surface area contributed by atoms with Crippen molar-refractivity contribution in [2.24, 2.45) is 0 Å². The zero-order chi connectivity index (χ0) is 22.8. The zero-order valence-electron chi connectivity index (χ0n) is 18.9. The number of nitrogens with one attached hydrogen (secondary N) is 1. The quantitative estimate of drug-likeness (QED) is 0.637. The summed E-state index contributed by atoms with van der Waals surface area (Å²) in [4.78, 5) is 36.3. The fourth-order valence-corrected chi connectivity index (χ4v) is 3.90. The fourth-order valence-electron chi connectivity index (χ4n) is 3.90. The molecule has 0 bridgehead atoms. The average Bonchev–Trinajstić information content (AvgIpc) is 3.40. The van der Waals surface area contributed by atoms with Crippen molar-refractivity contribution < 1.29 is 14.3 Å². The van der Waals surface area contributed by atoms with Crippen LogP contribution >= 0.6 is 0 Å². The van der Waals surface area contributed by atoms with Gasteiger partial charge in [0.15, 0.2) is 0 Å². The van der Waals surface area contributed by atoms with Crippen molar-refractivity contribution in [1.82, 2.24) is 24.5 Å². The van der Waals surface area contributed by atoms with Gasteiger partial charge in [-0.1, -0.05) is 12.1 Å². The normalized spacial score (nSPS) is 15.8. The molecule has 32 heavy (non-hydrogen) atoms. The lowest BCUT2D eigenvalue weighted by Crippen LogP contribution is -2.42. The van der Waals surface area contributed by atoms with Crippen LogP contribution in [0.3, 0.4) is 0 Å². The molecule has 1 fully saturated rings. The number of aromatic nitrogens is 4. The minimum atomic E-state index is -0.417. The molecule has 1 aromatic carbocycles. The van der Waals surface area contributed by atoms with E-state index in [4.69, 9.17) is 4.74 Å². The summed E-state index contributed by atoms with van der Waals surface area (Å²) >= 11 is 0. The van der Waals surface area contributed by atoms with Gasteiger partial charge < -0.3 is 15.0 Å². The molecule has 0 spiro atoms. The maximum atomic E-state index is 13.3. The molecule has 2 aromatic heterocycles. The Kier molecular flexibility index (Phi) is 6.18. The number of rotatable bonds is 6. The van der Waals surface area contributed by atoms with E-state index in [-0.39, 0.29) is 24.4 Å². The molecule has 9 heteroatoms. The van der Waals surface area contributed by atoms with Crippen molar-refractivity contribution in [1.29, 1.82) is 0 Å². The number of anilines is 1. The minimum Gasteiger partial charge on any atom is -0.376 e. The average molecular weight is 437 g/mol. The predicted octanol–water partition coefficient (Wildman–Crippen LogP) is 2.62. The fraction of sp³-hybridized carbons (Fsp3) is 0.435. The van der Waals surface area contributed by atoms with Gasteiger partial charge in [-0.05, 0) is 63.8 Å². The van der Waals surface area contributed by atoms with Crippen molar-refractivity contribution in [2.75, 3.05) is 25.0 Å². The summed E-state index contributed by atoms with van der Waals surface area (Å²) < 4.78 is 7.26. The highest BCUT2D eigenvalue weighted by Crippen LogP contribution is 2.19. The van der Waals surface area contributed by atoms with Gasteiger partial charge in [-0.15, -0.1) is 5.10 Å². The number of benzene rings is 1. The molecule has 1 atom stereocenters. The highest BCUT2D eigenvalue weighted by atomic mass is 16.5. The van der Waals surface area contributed by atoms with Crippen molar-refractivity contribution in [3.8, 4) is 0 Å². The second kappa shape index (κ2) is 9.04. The van der Waals surface area contributed by atoms with Crippen LogP contribution in [0.4, 0.5) is 5.69 Å². The number of fused-ring (bicyclic) bond motifs is 1. The molecule has 3 aromatic rings. The number of aryl methyl sites for hydroxylation is 3. The largest absolute Gasteiger partial charge is 0.376 e. The third-order valence-corrected chi connectivity index (χ3v) is 5.76. The minimum absolute atomic E-state index is 0.0173. The first-order valence-corrected chi connectivity index (χ1v) is 10.8. The Hall–Kier alpha value is -3.33.